The average Bonchev–Trinajstić information content (AvgIpc) is 2.89. The van der Waals surface area contributed by atoms with Gasteiger partial charge in [0.15, 0.2) is 11.0 Å². The molecule has 0 fully saturated rings. The number of nitrogens with one attached hydrogen (secondary N) is 2. The maximum Gasteiger partial charge on any atom is 0.171 e. The fourth-order valence-electron chi connectivity index (χ4n) is 1.32. The molecule has 0 saturated heterocycles. The minimum atomic E-state index is 0.414. The summed E-state index contributed by atoms with van der Waals surface area (Å²) in [5.74, 6) is 1.44. The molecule has 0 amide bonds. The SMILES string of the molecule is CCOCc1nc(NC)cc(Sc2ncc[nH]2)n1. The first-order chi connectivity index (χ1) is 8.81. The Balaban J connectivity index is 2.17. The zero-order valence-electron chi connectivity index (χ0n) is 10.3. The largest absolute Gasteiger partial charge is 0.374 e. The Morgan fingerprint density at radius 3 is 3.00 bits per heavy atom. The highest BCUT2D eigenvalue weighted by molar-refractivity contribution is 7.99. The Kier molecular flexibility index (Phi) is 4.54. The lowest BCUT2D eigenvalue weighted by molar-refractivity contribution is 0.128. The molecule has 0 bridgehead atoms. The summed E-state index contributed by atoms with van der Waals surface area (Å²) in [4.78, 5) is 15.9. The van der Waals surface area contributed by atoms with Crippen LogP contribution < -0.4 is 5.32 Å². The number of aromatic nitrogens is 4. The van der Waals surface area contributed by atoms with Gasteiger partial charge in [-0.25, -0.2) is 15.0 Å². The van der Waals surface area contributed by atoms with Crippen molar-refractivity contribution in [3.05, 3.63) is 24.3 Å². The second-order valence-electron chi connectivity index (χ2n) is 3.39. The van der Waals surface area contributed by atoms with Crippen molar-refractivity contribution < 1.29 is 4.74 Å². The van der Waals surface area contributed by atoms with E-state index in [1.54, 1.807) is 12.4 Å². The zero-order valence-corrected chi connectivity index (χ0v) is 11.1. The number of imidazole rings is 1. The van der Waals surface area contributed by atoms with Crippen LogP contribution in [0.1, 0.15) is 12.7 Å². The van der Waals surface area contributed by atoms with Gasteiger partial charge in [0, 0.05) is 32.1 Å². The number of aromatic amines is 1. The number of anilines is 1. The molecule has 0 atom stereocenters. The van der Waals surface area contributed by atoms with Crippen molar-refractivity contribution in [3.8, 4) is 0 Å². The normalized spacial score (nSPS) is 10.6. The van der Waals surface area contributed by atoms with Gasteiger partial charge in [0.2, 0.25) is 0 Å². The minimum absolute atomic E-state index is 0.414. The molecular formula is C11H15N5OS. The van der Waals surface area contributed by atoms with Gasteiger partial charge in [0.25, 0.3) is 0 Å². The maximum atomic E-state index is 5.32. The Morgan fingerprint density at radius 2 is 2.33 bits per heavy atom. The van der Waals surface area contributed by atoms with E-state index < -0.39 is 0 Å². The van der Waals surface area contributed by atoms with Crippen molar-refractivity contribution in [1.29, 1.82) is 0 Å². The van der Waals surface area contributed by atoms with Crippen molar-refractivity contribution in [1.82, 2.24) is 19.9 Å². The van der Waals surface area contributed by atoms with Crippen LogP contribution in [0.15, 0.2) is 28.6 Å². The van der Waals surface area contributed by atoms with Crippen LogP contribution in [0, 0.1) is 0 Å². The summed E-state index contributed by atoms with van der Waals surface area (Å²) in [6, 6.07) is 1.88. The van der Waals surface area contributed by atoms with Gasteiger partial charge in [-0.1, -0.05) is 0 Å². The molecule has 0 spiro atoms. The van der Waals surface area contributed by atoms with E-state index in [0.29, 0.717) is 19.0 Å². The number of hydrogen-bond acceptors (Lipinski definition) is 6. The molecule has 18 heavy (non-hydrogen) atoms. The fourth-order valence-corrected chi connectivity index (χ4v) is 2.08. The van der Waals surface area contributed by atoms with Gasteiger partial charge in [-0.3, -0.25) is 0 Å². The van der Waals surface area contributed by atoms with E-state index in [0.717, 1.165) is 16.0 Å². The van der Waals surface area contributed by atoms with E-state index in [1.807, 2.05) is 20.0 Å². The van der Waals surface area contributed by atoms with Crippen LogP contribution in [0.5, 0.6) is 0 Å². The van der Waals surface area contributed by atoms with Crippen molar-refractivity contribution >= 4 is 17.6 Å². The van der Waals surface area contributed by atoms with E-state index in [2.05, 4.69) is 25.3 Å². The van der Waals surface area contributed by atoms with E-state index in [4.69, 9.17) is 4.74 Å². The van der Waals surface area contributed by atoms with E-state index in [-0.39, 0.29) is 0 Å². The highest BCUT2D eigenvalue weighted by Crippen LogP contribution is 2.24. The van der Waals surface area contributed by atoms with Crippen LogP contribution in [0.4, 0.5) is 5.82 Å². The number of rotatable bonds is 6. The van der Waals surface area contributed by atoms with Gasteiger partial charge in [0.1, 0.15) is 17.5 Å². The zero-order chi connectivity index (χ0) is 12.8. The molecule has 0 aliphatic rings. The molecule has 2 aromatic rings. The van der Waals surface area contributed by atoms with Crippen molar-refractivity contribution in [2.24, 2.45) is 0 Å². The van der Waals surface area contributed by atoms with Gasteiger partial charge in [0.05, 0.1) is 0 Å². The van der Waals surface area contributed by atoms with Crippen LogP contribution in [0.25, 0.3) is 0 Å². The Bertz CT molecular complexity index is 488. The molecule has 2 N–H and O–H groups in total. The van der Waals surface area contributed by atoms with Crippen molar-refractivity contribution in [2.45, 2.75) is 23.7 Å². The second kappa shape index (κ2) is 6.36. The first kappa shape index (κ1) is 12.8. The Hall–Kier alpha value is -1.60. The molecule has 96 valence electrons. The lowest BCUT2D eigenvalue weighted by Crippen LogP contribution is -2.03. The predicted octanol–water partition coefficient (Wildman–Crippen LogP) is 1.93. The lowest BCUT2D eigenvalue weighted by atomic mass is 10.5. The number of hydrogen-bond donors (Lipinski definition) is 2. The van der Waals surface area contributed by atoms with Gasteiger partial charge in [-0.2, -0.15) is 0 Å². The van der Waals surface area contributed by atoms with Crippen LogP contribution >= 0.6 is 11.8 Å². The summed E-state index contributed by atoms with van der Waals surface area (Å²) < 4.78 is 5.32. The highest BCUT2D eigenvalue weighted by atomic mass is 32.2. The van der Waals surface area contributed by atoms with Gasteiger partial charge in [-0.05, 0) is 18.7 Å². The first-order valence-electron chi connectivity index (χ1n) is 5.62. The number of H-pyrrole nitrogens is 1. The summed E-state index contributed by atoms with van der Waals surface area (Å²) in [5.41, 5.74) is 0. The van der Waals surface area contributed by atoms with Crippen LogP contribution in [-0.2, 0) is 11.3 Å². The summed E-state index contributed by atoms with van der Waals surface area (Å²) in [5, 5.41) is 4.65. The molecule has 2 rings (SSSR count). The first-order valence-corrected chi connectivity index (χ1v) is 6.44. The molecule has 0 aliphatic heterocycles. The third kappa shape index (κ3) is 3.44. The number of ether oxygens (including phenoxy) is 1. The Labute approximate surface area is 110 Å². The fraction of sp³-hybridized carbons (Fsp3) is 0.364. The van der Waals surface area contributed by atoms with Crippen molar-refractivity contribution in [2.75, 3.05) is 19.0 Å². The maximum absolute atomic E-state index is 5.32. The molecule has 2 heterocycles. The average molecular weight is 265 g/mol. The summed E-state index contributed by atoms with van der Waals surface area (Å²) >= 11 is 1.46. The third-order valence-electron chi connectivity index (χ3n) is 2.11. The predicted molar refractivity (Wildman–Crippen MR) is 69.6 cm³/mol. The molecule has 0 radical (unpaired) electrons. The van der Waals surface area contributed by atoms with Gasteiger partial charge < -0.3 is 15.0 Å². The quantitative estimate of drug-likeness (QED) is 0.777. The molecule has 7 heteroatoms. The minimum Gasteiger partial charge on any atom is -0.374 e. The van der Waals surface area contributed by atoms with Crippen LogP contribution in [0.2, 0.25) is 0 Å². The standard InChI is InChI=1S/C11H15N5OS/c1-3-17-7-9-15-8(12-2)6-10(16-9)18-11-13-4-5-14-11/h4-6H,3,7H2,1-2H3,(H,13,14)(H,12,15,16). The summed E-state index contributed by atoms with van der Waals surface area (Å²) in [6.07, 6.45) is 3.49. The molecule has 0 aliphatic carbocycles. The molecule has 0 unspecified atom stereocenters. The topological polar surface area (TPSA) is 75.7 Å². The molecule has 0 aromatic carbocycles. The van der Waals surface area contributed by atoms with E-state index >= 15 is 0 Å². The van der Waals surface area contributed by atoms with Crippen LogP contribution in [-0.4, -0.2) is 33.6 Å². The van der Waals surface area contributed by atoms with Crippen molar-refractivity contribution in [3.63, 3.8) is 0 Å². The van der Waals surface area contributed by atoms with E-state index in [9.17, 15) is 0 Å². The lowest BCUT2D eigenvalue weighted by Gasteiger charge is -2.06. The second-order valence-corrected chi connectivity index (χ2v) is 4.40. The van der Waals surface area contributed by atoms with Crippen LogP contribution in [0.3, 0.4) is 0 Å². The summed E-state index contributed by atoms with van der Waals surface area (Å²) in [6.45, 7) is 3.01. The monoisotopic (exact) mass is 265 g/mol. The molecular weight excluding hydrogens is 250 g/mol. The van der Waals surface area contributed by atoms with Gasteiger partial charge in [-0.15, -0.1) is 0 Å². The molecule has 0 saturated carbocycles. The van der Waals surface area contributed by atoms with E-state index in [1.165, 1.54) is 11.8 Å². The molecule has 2 aromatic heterocycles. The van der Waals surface area contributed by atoms with Gasteiger partial charge >= 0.3 is 0 Å². The Morgan fingerprint density at radius 1 is 1.44 bits per heavy atom. The highest BCUT2D eigenvalue weighted by Gasteiger charge is 2.07. The molecule has 6 nitrogen and oxygen atoms in total. The smallest absolute Gasteiger partial charge is 0.171 e. The summed E-state index contributed by atoms with van der Waals surface area (Å²) in [7, 11) is 1.83. The third-order valence-corrected chi connectivity index (χ3v) is 2.95. The number of nitrogens with zero attached hydrogens (tertiary/aromatic N) is 3.